The number of methoxy groups -OCH3 is 1. The van der Waals surface area contributed by atoms with Crippen molar-refractivity contribution < 1.29 is 29.0 Å². The van der Waals surface area contributed by atoms with E-state index in [2.05, 4.69) is 16.1 Å². The third kappa shape index (κ3) is 5.71. The fourth-order valence-corrected chi connectivity index (χ4v) is 0.631. The number of hydrogen-bond donors (Lipinski definition) is 1. The Kier molecular flexibility index (Phi) is 6.46. The zero-order chi connectivity index (χ0) is 12.6. The molecule has 1 N–H and O–H groups in total. The lowest BCUT2D eigenvalue weighted by atomic mass is 10.2. The molecule has 88 valence electrons. The van der Waals surface area contributed by atoms with Crippen LogP contribution in [0.15, 0.2) is 24.8 Å². The van der Waals surface area contributed by atoms with Crippen LogP contribution >= 0.6 is 0 Å². The summed E-state index contributed by atoms with van der Waals surface area (Å²) in [5, 5.41) is 9.08. The van der Waals surface area contributed by atoms with Gasteiger partial charge in [0.15, 0.2) is 11.9 Å². The minimum absolute atomic E-state index is 0.491. The SMILES string of the molecule is C=CC(=O)C(O)COC(=O)/C=C\C(=O)OC. The first-order valence-electron chi connectivity index (χ1n) is 4.28. The number of hydrogen-bond acceptors (Lipinski definition) is 6. The van der Waals surface area contributed by atoms with Crippen LogP contribution in [-0.4, -0.2) is 42.6 Å². The molecule has 0 saturated heterocycles. The largest absolute Gasteiger partial charge is 0.466 e. The number of ether oxygens (including phenoxy) is 2. The smallest absolute Gasteiger partial charge is 0.331 e. The highest BCUT2D eigenvalue weighted by molar-refractivity contribution is 5.94. The van der Waals surface area contributed by atoms with E-state index in [9.17, 15) is 14.4 Å². The quantitative estimate of drug-likeness (QED) is 0.481. The number of carbonyl (C=O) groups is 3. The summed E-state index contributed by atoms with van der Waals surface area (Å²) in [6.07, 6.45) is 1.18. The number of esters is 2. The Morgan fingerprint density at radius 1 is 1.31 bits per heavy atom. The molecule has 0 saturated carbocycles. The third-order valence-electron chi connectivity index (χ3n) is 1.47. The van der Waals surface area contributed by atoms with E-state index < -0.39 is 30.4 Å². The number of carbonyl (C=O) groups excluding carboxylic acids is 3. The number of ketones is 1. The lowest BCUT2D eigenvalue weighted by Crippen LogP contribution is -2.25. The molecule has 0 aromatic rings. The van der Waals surface area contributed by atoms with Gasteiger partial charge in [0.1, 0.15) is 6.61 Å². The Morgan fingerprint density at radius 3 is 2.38 bits per heavy atom. The van der Waals surface area contributed by atoms with Crippen molar-refractivity contribution in [3.8, 4) is 0 Å². The van der Waals surface area contributed by atoms with Gasteiger partial charge in [0.25, 0.3) is 0 Å². The van der Waals surface area contributed by atoms with Gasteiger partial charge in [-0.25, -0.2) is 9.59 Å². The topological polar surface area (TPSA) is 89.9 Å². The fourth-order valence-electron chi connectivity index (χ4n) is 0.631. The second-order valence-electron chi connectivity index (χ2n) is 2.61. The summed E-state index contributed by atoms with van der Waals surface area (Å²) in [5.74, 6) is -2.22. The van der Waals surface area contributed by atoms with Gasteiger partial charge in [-0.05, 0) is 6.08 Å². The van der Waals surface area contributed by atoms with Gasteiger partial charge < -0.3 is 14.6 Å². The Bertz CT molecular complexity index is 317. The van der Waals surface area contributed by atoms with Gasteiger partial charge >= 0.3 is 11.9 Å². The highest BCUT2D eigenvalue weighted by atomic mass is 16.5. The molecule has 0 rings (SSSR count). The molecule has 6 heteroatoms. The number of aliphatic hydroxyl groups excluding tert-OH is 1. The van der Waals surface area contributed by atoms with E-state index in [1.807, 2.05) is 0 Å². The third-order valence-corrected chi connectivity index (χ3v) is 1.47. The average molecular weight is 228 g/mol. The molecular formula is C10H12O6. The van der Waals surface area contributed by atoms with Crippen molar-refractivity contribution in [1.82, 2.24) is 0 Å². The maximum atomic E-state index is 10.9. The number of rotatable bonds is 6. The van der Waals surface area contributed by atoms with Crippen molar-refractivity contribution in [2.45, 2.75) is 6.10 Å². The van der Waals surface area contributed by atoms with Crippen LogP contribution in [0.5, 0.6) is 0 Å². The van der Waals surface area contributed by atoms with E-state index in [0.717, 1.165) is 25.3 Å². The Morgan fingerprint density at radius 2 is 1.88 bits per heavy atom. The predicted octanol–water partition coefficient (Wildman–Crippen LogP) is -0.625. The van der Waals surface area contributed by atoms with Crippen molar-refractivity contribution in [1.29, 1.82) is 0 Å². The molecule has 1 unspecified atom stereocenters. The van der Waals surface area contributed by atoms with E-state index in [4.69, 9.17) is 5.11 Å². The van der Waals surface area contributed by atoms with Crippen LogP contribution in [0.25, 0.3) is 0 Å². The minimum atomic E-state index is -1.44. The molecule has 0 aliphatic rings. The summed E-state index contributed by atoms with van der Waals surface area (Å²) in [4.78, 5) is 32.3. The summed E-state index contributed by atoms with van der Waals surface area (Å²) in [5.41, 5.74) is 0. The highest BCUT2D eigenvalue weighted by Crippen LogP contribution is 1.91. The van der Waals surface area contributed by atoms with Crippen LogP contribution < -0.4 is 0 Å². The van der Waals surface area contributed by atoms with Crippen molar-refractivity contribution in [3.63, 3.8) is 0 Å². The lowest BCUT2D eigenvalue weighted by Gasteiger charge is -2.06. The molecule has 0 bridgehead atoms. The van der Waals surface area contributed by atoms with Crippen LogP contribution in [0.4, 0.5) is 0 Å². The maximum Gasteiger partial charge on any atom is 0.331 e. The molecule has 0 spiro atoms. The Balaban J connectivity index is 3.99. The second kappa shape index (κ2) is 7.36. The summed E-state index contributed by atoms with van der Waals surface area (Å²) in [6, 6.07) is 0. The number of aliphatic hydroxyl groups is 1. The van der Waals surface area contributed by atoms with Crippen molar-refractivity contribution in [2.24, 2.45) is 0 Å². The predicted molar refractivity (Wildman–Crippen MR) is 53.3 cm³/mol. The summed E-state index contributed by atoms with van der Waals surface area (Å²) < 4.78 is 8.70. The van der Waals surface area contributed by atoms with E-state index in [-0.39, 0.29) is 0 Å². The standard InChI is InChI=1S/C10H12O6/c1-3-7(11)8(12)6-16-10(14)5-4-9(13)15-2/h3-5,8,12H,1,6H2,2H3/b5-4-. The zero-order valence-corrected chi connectivity index (χ0v) is 8.71. The van der Waals surface area contributed by atoms with Crippen molar-refractivity contribution >= 4 is 17.7 Å². The van der Waals surface area contributed by atoms with E-state index in [0.29, 0.717) is 0 Å². The molecular weight excluding hydrogens is 216 g/mol. The maximum absolute atomic E-state index is 10.9. The minimum Gasteiger partial charge on any atom is -0.466 e. The van der Waals surface area contributed by atoms with E-state index in [1.165, 1.54) is 0 Å². The van der Waals surface area contributed by atoms with Gasteiger partial charge in [-0.2, -0.15) is 0 Å². The first-order valence-corrected chi connectivity index (χ1v) is 4.28. The average Bonchev–Trinajstić information content (AvgIpc) is 2.31. The van der Waals surface area contributed by atoms with Gasteiger partial charge in [0, 0.05) is 12.2 Å². The molecule has 0 aromatic heterocycles. The zero-order valence-electron chi connectivity index (χ0n) is 8.71. The van der Waals surface area contributed by atoms with Gasteiger partial charge in [0.05, 0.1) is 7.11 Å². The monoisotopic (exact) mass is 228 g/mol. The van der Waals surface area contributed by atoms with Crippen LogP contribution in [0.1, 0.15) is 0 Å². The van der Waals surface area contributed by atoms with Crippen LogP contribution in [0.3, 0.4) is 0 Å². The Labute approximate surface area is 92.2 Å². The second-order valence-corrected chi connectivity index (χ2v) is 2.61. The van der Waals surface area contributed by atoms with Gasteiger partial charge in [0.2, 0.25) is 0 Å². The van der Waals surface area contributed by atoms with Gasteiger partial charge in [-0.15, -0.1) is 0 Å². The molecule has 1 atom stereocenters. The van der Waals surface area contributed by atoms with Crippen LogP contribution in [0.2, 0.25) is 0 Å². The molecule has 0 heterocycles. The van der Waals surface area contributed by atoms with Crippen molar-refractivity contribution in [2.75, 3.05) is 13.7 Å². The molecule has 0 radical (unpaired) electrons. The van der Waals surface area contributed by atoms with E-state index >= 15 is 0 Å². The molecule has 6 nitrogen and oxygen atoms in total. The van der Waals surface area contributed by atoms with Gasteiger partial charge in [-0.1, -0.05) is 6.58 Å². The lowest BCUT2D eigenvalue weighted by molar-refractivity contribution is -0.143. The van der Waals surface area contributed by atoms with Crippen LogP contribution in [0, 0.1) is 0 Å². The van der Waals surface area contributed by atoms with Crippen LogP contribution in [-0.2, 0) is 23.9 Å². The molecule has 0 fully saturated rings. The summed E-state index contributed by atoms with van der Waals surface area (Å²) in [6.45, 7) is 2.66. The summed E-state index contributed by atoms with van der Waals surface area (Å²) >= 11 is 0. The Hall–Kier alpha value is -1.95. The molecule has 0 aromatic carbocycles. The normalized spacial score (nSPS) is 11.9. The molecule has 0 amide bonds. The first kappa shape index (κ1) is 14.1. The summed E-state index contributed by atoms with van der Waals surface area (Å²) in [7, 11) is 1.16. The molecule has 0 aliphatic carbocycles. The molecule has 0 aliphatic heterocycles. The van der Waals surface area contributed by atoms with Gasteiger partial charge in [-0.3, -0.25) is 4.79 Å². The highest BCUT2D eigenvalue weighted by Gasteiger charge is 2.13. The first-order chi connectivity index (χ1) is 7.51. The van der Waals surface area contributed by atoms with E-state index in [1.54, 1.807) is 0 Å². The molecule has 16 heavy (non-hydrogen) atoms. The van der Waals surface area contributed by atoms with Crippen molar-refractivity contribution in [3.05, 3.63) is 24.8 Å². The fraction of sp³-hybridized carbons (Fsp3) is 0.300.